The van der Waals surface area contributed by atoms with Crippen molar-refractivity contribution in [1.82, 2.24) is 20.2 Å². The summed E-state index contributed by atoms with van der Waals surface area (Å²) in [5.74, 6) is 0.599. The molecule has 1 atom stereocenters. The average Bonchev–Trinajstić information content (AvgIpc) is 2.95. The fraction of sp³-hybridized carbons (Fsp3) is 0.421. The van der Waals surface area contributed by atoms with Crippen molar-refractivity contribution in [2.24, 2.45) is 0 Å². The van der Waals surface area contributed by atoms with Gasteiger partial charge in [0.25, 0.3) is 5.91 Å². The highest BCUT2D eigenvalue weighted by Crippen LogP contribution is 2.24. The molecule has 6 heteroatoms. The first-order valence-electron chi connectivity index (χ1n) is 8.68. The number of rotatable bonds is 5. The highest BCUT2D eigenvalue weighted by Gasteiger charge is 2.27. The highest BCUT2D eigenvalue weighted by molar-refractivity contribution is 5.97. The molecule has 6 nitrogen and oxygen atoms in total. The molecule has 1 unspecified atom stereocenters. The van der Waals surface area contributed by atoms with Crippen molar-refractivity contribution in [2.45, 2.75) is 31.8 Å². The van der Waals surface area contributed by atoms with E-state index < -0.39 is 0 Å². The van der Waals surface area contributed by atoms with E-state index in [2.05, 4.69) is 15.3 Å². The highest BCUT2D eigenvalue weighted by atomic mass is 16.5. The number of hydrogen-bond acceptors (Lipinski definition) is 5. The molecule has 0 saturated carbocycles. The first kappa shape index (κ1) is 17.4. The number of carbonyl (C=O) groups excluding carboxylic acids is 1. The number of carbonyl (C=O) groups is 1. The average molecular weight is 340 g/mol. The Morgan fingerprint density at radius 1 is 1.24 bits per heavy atom. The van der Waals surface area contributed by atoms with E-state index in [-0.39, 0.29) is 11.9 Å². The van der Waals surface area contributed by atoms with Gasteiger partial charge in [0, 0.05) is 30.5 Å². The fourth-order valence-electron chi connectivity index (χ4n) is 3.26. The van der Waals surface area contributed by atoms with Crippen molar-refractivity contribution in [3.05, 3.63) is 54.1 Å². The van der Waals surface area contributed by atoms with Gasteiger partial charge in [-0.25, -0.2) is 9.97 Å². The molecule has 2 aromatic rings. The topological polar surface area (TPSA) is 67.3 Å². The Morgan fingerprint density at radius 2 is 2.04 bits per heavy atom. The second-order valence-corrected chi connectivity index (χ2v) is 6.21. The number of aromatic nitrogens is 2. The molecule has 25 heavy (non-hydrogen) atoms. The molecule has 1 aliphatic rings. The third-order valence-corrected chi connectivity index (χ3v) is 4.55. The van der Waals surface area contributed by atoms with Gasteiger partial charge in [-0.2, -0.15) is 0 Å². The van der Waals surface area contributed by atoms with Crippen LogP contribution in [0.15, 0.2) is 43.0 Å². The first-order valence-corrected chi connectivity index (χ1v) is 8.68. The Labute approximate surface area is 148 Å². The van der Waals surface area contributed by atoms with Crippen LogP contribution < -0.4 is 10.1 Å². The lowest BCUT2D eigenvalue weighted by molar-refractivity contribution is 0.0641. The van der Waals surface area contributed by atoms with Gasteiger partial charge in [-0.1, -0.05) is 12.1 Å². The van der Waals surface area contributed by atoms with Gasteiger partial charge < -0.3 is 15.0 Å². The van der Waals surface area contributed by atoms with Crippen LogP contribution in [0.2, 0.25) is 0 Å². The summed E-state index contributed by atoms with van der Waals surface area (Å²) in [5.41, 5.74) is 1.53. The monoisotopic (exact) mass is 340 g/mol. The summed E-state index contributed by atoms with van der Waals surface area (Å²) in [4.78, 5) is 23.4. The van der Waals surface area contributed by atoms with Crippen LogP contribution in [0.25, 0.3) is 0 Å². The third-order valence-electron chi connectivity index (χ3n) is 4.55. The standard InChI is InChI=1S/C19H24N4O2/c1-25-18-7-3-2-6-17(18)19(24)23(13-15-11-21-14-22-12-15)16-5-4-9-20-10-8-16/h2-3,6-7,11-12,14,16,20H,4-5,8-10,13H2,1H3. The van der Waals surface area contributed by atoms with Crippen molar-refractivity contribution in [3.63, 3.8) is 0 Å². The molecular weight excluding hydrogens is 316 g/mol. The predicted molar refractivity (Wildman–Crippen MR) is 95.4 cm³/mol. The summed E-state index contributed by atoms with van der Waals surface area (Å²) in [5, 5.41) is 3.41. The van der Waals surface area contributed by atoms with Crippen LogP contribution >= 0.6 is 0 Å². The molecule has 1 N–H and O–H groups in total. The SMILES string of the molecule is COc1ccccc1C(=O)N(Cc1cncnc1)C1CCCNCC1. The van der Waals surface area contributed by atoms with E-state index in [1.807, 2.05) is 29.2 Å². The van der Waals surface area contributed by atoms with Crippen molar-refractivity contribution >= 4 is 5.91 Å². The molecule has 1 saturated heterocycles. The minimum atomic E-state index is -0.00629. The molecule has 1 aliphatic heterocycles. The van der Waals surface area contributed by atoms with E-state index in [1.165, 1.54) is 6.33 Å². The van der Waals surface area contributed by atoms with E-state index >= 15 is 0 Å². The zero-order valence-electron chi connectivity index (χ0n) is 14.5. The van der Waals surface area contributed by atoms with E-state index in [0.29, 0.717) is 17.9 Å². The Balaban J connectivity index is 1.90. The normalized spacial score (nSPS) is 17.6. The number of benzene rings is 1. The van der Waals surface area contributed by atoms with Gasteiger partial charge in [-0.3, -0.25) is 4.79 Å². The number of ether oxygens (including phenoxy) is 1. The van der Waals surface area contributed by atoms with Crippen molar-refractivity contribution in [3.8, 4) is 5.75 Å². The van der Waals surface area contributed by atoms with Crippen LogP contribution in [0.5, 0.6) is 5.75 Å². The van der Waals surface area contributed by atoms with Crippen LogP contribution in [0.1, 0.15) is 35.2 Å². The molecule has 1 aromatic heterocycles. The predicted octanol–water partition coefficient (Wildman–Crippen LogP) is 2.27. The van der Waals surface area contributed by atoms with Gasteiger partial charge in [-0.05, 0) is 44.5 Å². The van der Waals surface area contributed by atoms with Gasteiger partial charge in [0.2, 0.25) is 0 Å². The molecule has 1 amide bonds. The summed E-state index contributed by atoms with van der Waals surface area (Å²) in [6.45, 7) is 2.43. The molecule has 1 fully saturated rings. The summed E-state index contributed by atoms with van der Waals surface area (Å²) >= 11 is 0. The number of nitrogens with one attached hydrogen (secondary N) is 1. The number of methoxy groups -OCH3 is 1. The Morgan fingerprint density at radius 3 is 2.84 bits per heavy atom. The second-order valence-electron chi connectivity index (χ2n) is 6.21. The maximum atomic E-state index is 13.3. The van der Waals surface area contributed by atoms with Crippen LogP contribution in [-0.2, 0) is 6.54 Å². The molecule has 0 aliphatic carbocycles. The fourth-order valence-corrected chi connectivity index (χ4v) is 3.26. The molecular formula is C19H24N4O2. The van der Waals surface area contributed by atoms with Crippen molar-refractivity contribution in [2.75, 3.05) is 20.2 Å². The lowest BCUT2D eigenvalue weighted by Gasteiger charge is -2.31. The van der Waals surface area contributed by atoms with Crippen LogP contribution in [0, 0.1) is 0 Å². The summed E-state index contributed by atoms with van der Waals surface area (Å²) < 4.78 is 5.39. The van der Waals surface area contributed by atoms with Gasteiger partial charge in [0.05, 0.1) is 12.7 Å². The summed E-state index contributed by atoms with van der Waals surface area (Å²) in [6.07, 6.45) is 8.03. The molecule has 2 heterocycles. The summed E-state index contributed by atoms with van der Waals surface area (Å²) in [7, 11) is 1.59. The van der Waals surface area contributed by atoms with Crippen LogP contribution in [0.3, 0.4) is 0 Å². The van der Waals surface area contributed by atoms with E-state index in [1.54, 1.807) is 19.5 Å². The lowest BCUT2D eigenvalue weighted by Crippen LogP contribution is -2.40. The lowest BCUT2D eigenvalue weighted by atomic mass is 10.0. The quantitative estimate of drug-likeness (QED) is 0.904. The largest absolute Gasteiger partial charge is 0.496 e. The maximum Gasteiger partial charge on any atom is 0.258 e. The maximum absolute atomic E-state index is 13.3. The molecule has 0 radical (unpaired) electrons. The van der Waals surface area contributed by atoms with Crippen molar-refractivity contribution < 1.29 is 9.53 Å². The zero-order valence-corrected chi connectivity index (χ0v) is 14.5. The van der Waals surface area contributed by atoms with E-state index in [9.17, 15) is 4.79 Å². The molecule has 3 rings (SSSR count). The summed E-state index contributed by atoms with van der Waals surface area (Å²) in [6, 6.07) is 7.58. The zero-order chi connectivity index (χ0) is 17.5. The molecule has 0 spiro atoms. The number of para-hydroxylation sites is 1. The Hall–Kier alpha value is -2.47. The third kappa shape index (κ3) is 4.33. The van der Waals surface area contributed by atoms with Gasteiger partial charge >= 0.3 is 0 Å². The van der Waals surface area contributed by atoms with Gasteiger partial charge in [0.15, 0.2) is 0 Å². The van der Waals surface area contributed by atoms with E-state index in [4.69, 9.17) is 4.74 Å². The Kier molecular flexibility index (Phi) is 5.95. The number of amides is 1. The van der Waals surface area contributed by atoms with Gasteiger partial charge in [0.1, 0.15) is 12.1 Å². The first-order chi connectivity index (χ1) is 12.3. The number of nitrogens with zero attached hydrogens (tertiary/aromatic N) is 3. The molecule has 1 aromatic carbocycles. The molecule has 132 valence electrons. The molecule has 0 bridgehead atoms. The van der Waals surface area contributed by atoms with Crippen LogP contribution in [0.4, 0.5) is 0 Å². The van der Waals surface area contributed by atoms with Crippen molar-refractivity contribution in [1.29, 1.82) is 0 Å². The number of hydrogen-bond donors (Lipinski definition) is 1. The Bertz CT molecular complexity index is 685. The van der Waals surface area contributed by atoms with E-state index in [0.717, 1.165) is 37.9 Å². The minimum absolute atomic E-state index is 0.00629. The second kappa shape index (κ2) is 8.58. The van der Waals surface area contributed by atoms with Gasteiger partial charge in [-0.15, -0.1) is 0 Å². The smallest absolute Gasteiger partial charge is 0.258 e. The minimum Gasteiger partial charge on any atom is -0.496 e. The van der Waals surface area contributed by atoms with Crippen LogP contribution in [-0.4, -0.2) is 47.0 Å².